The van der Waals surface area contributed by atoms with Gasteiger partial charge in [0.05, 0.1) is 11.1 Å². The fraction of sp³-hybridized carbons (Fsp3) is 0.350. The Morgan fingerprint density at radius 1 is 0.708 bits per heavy atom. The Labute approximate surface area is 140 Å². The number of imide groups is 1. The van der Waals surface area contributed by atoms with E-state index in [2.05, 4.69) is 5.10 Å². The summed E-state index contributed by atoms with van der Waals surface area (Å²) in [6.07, 6.45) is 7.14. The molecule has 4 nitrogen and oxygen atoms in total. The van der Waals surface area contributed by atoms with Crippen LogP contribution in [0.15, 0.2) is 29.4 Å². The van der Waals surface area contributed by atoms with Gasteiger partial charge in [-0.05, 0) is 67.2 Å². The Hall–Kier alpha value is -2.49. The number of rotatable bonds is 1. The van der Waals surface area contributed by atoms with Crippen LogP contribution in [0.4, 0.5) is 0 Å². The van der Waals surface area contributed by atoms with Crippen molar-refractivity contribution in [3.8, 4) is 0 Å². The highest BCUT2D eigenvalue weighted by molar-refractivity contribution is 6.26. The maximum Gasteiger partial charge on any atom is 0.282 e. The van der Waals surface area contributed by atoms with Gasteiger partial charge in [-0.15, -0.1) is 0 Å². The Kier molecular flexibility index (Phi) is 2.90. The second-order valence-corrected chi connectivity index (χ2v) is 6.94. The summed E-state index contributed by atoms with van der Waals surface area (Å²) in [5.41, 5.74) is 4.70. The lowest BCUT2D eigenvalue weighted by Crippen LogP contribution is -2.37. The van der Waals surface area contributed by atoms with Crippen LogP contribution in [0.5, 0.6) is 0 Å². The molecule has 0 saturated heterocycles. The van der Waals surface area contributed by atoms with Crippen molar-refractivity contribution in [2.24, 2.45) is 5.10 Å². The minimum Gasteiger partial charge on any atom is -0.267 e. The molecule has 4 heteroatoms. The molecule has 0 radical (unpaired) electrons. The zero-order valence-electron chi connectivity index (χ0n) is 13.5. The highest BCUT2D eigenvalue weighted by Gasteiger charge is 2.35. The number of carbonyl (C=O) groups excluding carboxylic acids is 2. The van der Waals surface area contributed by atoms with Crippen LogP contribution in [0, 0.1) is 0 Å². The molecule has 0 bridgehead atoms. The number of nitrogens with zero attached hydrogens (tertiary/aromatic N) is 2. The van der Waals surface area contributed by atoms with Crippen LogP contribution in [-0.4, -0.2) is 22.5 Å². The Morgan fingerprint density at radius 3 is 1.88 bits per heavy atom. The van der Waals surface area contributed by atoms with E-state index in [4.69, 9.17) is 0 Å². The average Bonchev–Trinajstić information content (AvgIpc) is 3.04. The van der Waals surface area contributed by atoms with Gasteiger partial charge in [-0.2, -0.15) is 10.1 Å². The van der Waals surface area contributed by atoms with Gasteiger partial charge in [0.15, 0.2) is 0 Å². The standard InChI is InChI=1S/C20H18N2O2/c23-19-15-10-8-12-6-7-13-9-11-16(18(15)17(12)13)20(24)22(19)21-14-4-2-1-3-5-14/h8-11H,1-7H2. The lowest BCUT2D eigenvalue weighted by atomic mass is 9.92. The van der Waals surface area contributed by atoms with Crippen molar-refractivity contribution < 1.29 is 9.59 Å². The molecule has 3 aliphatic rings. The first kappa shape index (κ1) is 13.9. The fourth-order valence-electron chi connectivity index (χ4n) is 4.30. The van der Waals surface area contributed by atoms with Crippen LogP contribution in [0.1, 0.15) is 63.9 Å². The van der Waals surface area contributed by atoms with Gasteiger partial charge in [-0.1, -0.05) is 18.6 Å². The summed E-state index contributed by atoms with van der Waals surface area (Å²) >= 11 is 0. The molecule has 1 fully saturated rings. The van der Waals surface area contributed by atoms with Crippen LogP contribution in [0.3, 0.4) is 0 Å². The molecule has 24 heavy (non-hydrogen) atoms. The molecule has 0 spiro atoms. The van der Waals surface area contributed by atoms with Crippen molar-refractivity contribution in [3.05, 3.63) is 46.5 Å². The summed E-state index contributed by atoms with van der Waals surface area (Å²) in [6, 6.07) is 7.83. The van der Waals surface area contributed by atoms with Crippen molar-refractivity contribution in [3.63, 3.8) is 0 Å². The van der Waals surface area contributed by atoms with E-state index >= 15 is 0 Å². The van der Waals surface area contributed by atoms with Crippen LogP contribution in [0.25, 0.3) is 10.8 Å². The maximum absolute atomic E-state index is 12.9. The Bertz CT molecular complexity index is 876. The minimum absolute atomic E-state index is 0.277. The van der Waals surface area contributed by atoms with E-state index in [1.54, 1.807) is 0 Å². The number of benzene rings is 2. The summed E-state index contributed by atoms with van der Waals surface area (Å²) in [7, 11) is 0. The van der Waals surface area contributed by atoms with E-state index in [1.165, 1.54) is 17.5 Å². The number of hydrogen-bond acceptors (Lipinski definition) is 3. The Morgan fingerprint density at radius 2 is 1.29 bits per heavy atom. The predicted molar refractivity (Wildman–Crippen MR) is 92.4 cm³/mol. The van der Waals surface area contributed by atoms with Crippen molar-refractivity contribution in [1.82, 2.24) is 5.01 Å². The van der Waals surface area contributed by atoms with Crippen LogP contribution in [-0.2, 0) is 12.8 Å². The van der Waals surface area contributed by atoms with Gasteiger partial charge in [0.2, 0.25) is 0 Å². The number of aryl methyl sites for hydroxylation is 2. The zero-order chi connectivity index (χ0) is 16.3. The van der Waals surface area contributed by atoms with E-state index < -0.39 is 0 Å². The predicted octanol–water partition coefficient (Wildman–Crippen LogP) is 3.85. The number of amides is 2. The molecule has 0 atom stereocenters. The minimum atomic E-state index is -0.277. The van der Waals surface area contributed by atoms with Gasteiger partial charge < -0.3 is 0 Å². The van der Waals surface area contributed by atoms with Gasteiger partial charge in [0.25, 0.3) is 11.8 Å². The average molecular weight is 318 g/mol. The van der Waals surface area contributed by atoms with Gasteiger partial charge in [-0.25, -0.2) is 0 Å². The highest BCUT2D eigenvalue weighted by atomic mass is 16.2. The summed E-state index contributed by atoms with van der Waals surface area (Å²) < 4.78 is 0. The highest BCUT2D eigenvalue weighted by Crippen LogP contribution is 2.38. The molecule has 0 unspecified atom stereocenters. The number of hydrogen-bond donors (Lipinski definition) is 0. The van der Waals surface area contributed by atoms with Crippen LogP contribution < -0.4 is 0 Å². The molecule has 1 aliphatic heterocycles. The van der Waals surface area contributed by atoms with Crippen molar-refractivity contribution >= 4 is 28.3 Å². The van der Waals surface area contributed by atoms with Crippen molar-refractivity contribution in [1.29, 1.82) is 0 Å². The lowest BCUT2D eigenvalue weighted by molar-refractivity contribution is 0.0614. The lowest BCUT2D eigenvalue weighted by Gasteiger charge is -2.25. The van der Waals surface area contributed by atoms with E-state index in [0.29, 0.717) is 11.1 Å². The summed E-state index contributed by atoms with van der Waals surface area (Å²) in [5, 5.41) is 7.53. The third kappa shape index (κ3) is 1.83. The molecule has 0 N–H and O–H groups in total. The first-order valence-corrected chi connectivity index (χ1v) is 8.76. The number of hydrazone groups is 1. The SMILES string of the molecule is O=C1c2ccc3c4c(ccc(c24)C(=O)N1N=C1CCCCC1)CC3. The quantitative estimate of drug-likeness (QED) is 0.750. The first-order valence-electron chi connectivity index (χ1n) is 8.76. The third-order valence-electron chi connectivity index (χ3n) is 5.51. The molecular weight excluding hydrogens is 300 g/mol. The molecule has 2 aromatic rings. The fourth-order valence-corrected chi connectivity index (χ4v) is 4.30. The van der Waals surface area contributed by atoms with E-state index in [0.717, 1.165) is 60.0 Å². The van der Waals surface area contributed by atoms with E-state index in [-0.39, 0.29) is 11.8 Å². The zero-order valence-corrected chi connectivity index (χ0v) is 13.5. The number of carbonyl (C=O) groups is 2. The smallest absolute Gasteiger partial charge is 0.267 e. The second-order valence-electron chi connectivity index (χ2n) is 6.94. The monoisotopic (exact) mass is 318 g/mol. The van der Waals surface area contributed by atoms with Gasteiger partial charge >= 0.3 is 0 Å². The molecule has 1 saturated carbocycles. The van der Waals surface area contributed by atoms with Crippen molar-refractivity contribution in [2.45, 2.75) is 44.9 Å². The molecule has 120 valence electrons. The van der Waals surface area contributed by atoms with Crippen LogP contribution in [0.2, 0.25) is 0 Å². The largest absolute Gasteiger partial charge is 0.282 e. The molecule has 1 heterocycles. The Balaban J connectivity index is 1.69. The summed E-state index contributed by atoms with van der Waals surface area (Å²) in [5.74, 6) is -0.553. The van der Waals surface area contributed by atoms with Gasteiger partial charge in [0.1, 0.15) is 0 Å². The second kappa shape index (κ2) is 5.00. The normalized spacial score (nSPS) is 19.3. The maximum atomic E-state index is 12.9. The van der Waals surface area contributed by atoms with E-state index in [9.17, 15) is 9.59 Å². The van der Waals surface area contributed by atoms with Crippen molar-refractivity contribution in [2.75, 3.05) is 0 Å². The topological polar surface area (TPSA) is 49.7 Å². The third-order valence-corrected chi connectivity index (χ3v) is 5.51. The molecular formula is C20H18N2O2. The summed E-state index contributed by atoms with van der Waals surface area (Å²) in [6.45, 7) is 0. The molecule has 0 aromatic heterocycles. The van der Waals surface area contributed by atoms with Gasteiger partial charge in [0, 0.05) is 11.1 Å². The molecule has 5 rings (SSSR count). The molecule has 2 aromatic carbocycles. The molecule has 2 aliphatic carbocycles. The summed E-state index contributed by atoms with van der Waals surface area (Å²) in [4.78, 5) is 25.9. The van der Waals surface area contributed by atoms with E-state index in [1.807, 2.05) is 24.3 Å². The van der Waals surface area contributed by atoms with Crippen LogP contribution >= 0.6 is 0 Å². The first-order chi connectivity index (χ1) is 11.7. The van der Waals surface area contributed by atoms with Gasteiger partial charge in [-0.3, -0.25) is 9.59 Å². The molecule has 2 amide bonds.